The Bertz CT molecular complexity index is 1520. The molecule has 0 saturated carbocycles. The van der Waals surface area contributed by atoms with Gasteiger partial charge in [-0.25, -0.2) is 0 Å². The Morgan fingerprint density at radius 3 is 2.32 bits per heavy atom. The van der Waals surface area contributed by atoms with Crippen LogP contribution in [0.15, 0.2) is 54.2 Å². The monoisotopic (exact) mass is 731 g/mol. The Hall–Kier alpha value is -4.32. The highest BCUT2D eigenvalue weighted by molar-refractivity contribution is 6.28. The molecule has 2 aromatic carbocycles. The van der Waals surface area contributed by atoms with E-state index in [9.17, 15) is 29.3 Å². The molecule has 290 valence electrons. The van der Waals surface area contributed by atoms with Crippen molar-refractivity contribution in [3.8, 4) is 16.9 Å². The molecule has 0 saturated heterocycles. The number of carbonyl (C=O) groups excluding carboxylic acids is 4. The third-order valence-corrected chi connectivity index (χ3v) is 9.73. The van der Waals surface area contributed by atoms with E-state index < -0.39 is 29.8 Å². The van der Waals surface area contributed by atoms with Gasteiger partial charge in [0.25, 0.3) is 7.48 Å². The molecule has 4 bridgehead atoms. The van der Waals surface area contributed by atoms with Crippen LogP contribution >= 0.6 is 0 Å². The molecule has 6 N–H and O–H groups in total. The van der Waals surface area contributed by atoms with Crippen molar-refractivity contribution in [2.24, 2.45) is 0 Å². The Kier molecular flexibility index (Phi) is 19.0. The standard InChI is InChI=1S/C41H62BN5O6/c1-5-7-8-9-10-11-12-13-14-15-16-21-37(49)43-28-38(50)47(4)39-32-22-23-36(48)34(26-32)31-20-17-19-30(24-31)25-35(40(51)45-29(3)42-53)46-33(18-6-2)27-44-41(39)52/h17-20,22-24,26,29,35,39,42,46,48,53H,5-16,21,25,27-28H2,1-4H3,(H,43,49)(H,44,52)(H,45,51)/b33-18+. The van der Waals surface area contributed by atoms with Gasteiger partial charge < -0.3 is 36.3 Å². The lowest BCUT2D eigenvalue weighted by atomic mass is 9.90. The number of hydrogen-bond acceptors (Lipinski definition) is 7. The van der Waals surface area contributed by atoms with Gasteiger partial charge in [0.15, 0.2) is 0 Å². The first-order chi connectivity index (χ1) is 25.6. The smallest absolute Gasteiger partial charge is 0.293 e. The molecule has 12 heteroatoms. The van der Waals surface area contributed by atoms with Crippen LogP contribution in [-0.2, 0) is 25.6 Å². The van der Waals surface area contributed by atoms with Crippen molar-refractivity contribution >= 4 is 31.1 Å². The molecule has 1 aliphatic heterocycles. The number of likely N-dealkylation sites (N-methyl/N-ethyl adjacent to an activating group) is 1. The summed E-state index contributed by atoms with van der Waals surface area (Å²) >= 11 is 0. The summed E-state index contributed by atoms with van der Waals surface area (Å²) in [6, 6.07) is 10.5. The van der Waals surface area contributed by atoms with E-state index in [1.54, 1.807) is 19.1 Å². The Labute approximate surface area is 317 Å². The van der Waals surface area contributed by atoms with Crippen molar-refractivity contribution in [3.63, 3.8) is 0 Å². The summed E-state index contributed by atoms with van der Waals surface area (Å²) in [4.78, 5) is 54.9. The highest BCUT2D eigenvalue weighted by Gasteiger charge is 2.30. The van der Waals surface area contributed by atoms with Crippen LogP contribution in [0.4, 0.5) is 0 Å². The maximum Gasteiger partial charge on any atom is 0.293 e. The molecule has 3 rings (SSSR count). The maximum atomic E-state index is 14.0. The zero-order valence-electron chi connectivity index (χ0n) is 32.3. The predicted molar refractivity (Wildman–Crippen MR) is 212 cm³/mol. The maximum absolute atomic E-state index is 14.0. The number of amides is 4. The quantitative estimate of drug-likeness (QED) is 0.0866. The zero-order chi connectivity index (χ0) is 38.6. The number of aromatic hydroxyl groups is 1. The SMILES string of the molecule is CC/C=C1\CNC(=O)C(N(C)C(=O)CNC(=O)CCCCCCCCCCCCC)c2ccc(O)c(c2)-c2cccc(c2)CC(C(=O)NC(C)BO)N1. The van der Waals surface area contributed by atoms with Crippen LogP contribution in [0.25, 0.3) is 11.1 Å². The fourth-order valence-corrected chi connectivity index (χ4v) is 6.62. The number of unbranched alkanes of at least 4 members (excludes halogenated alkanes) is 10. The van der Waals surface area contributed by atoms with Crippen LogP contribution in [0, 0.1) is 0 Å². The molecule has 53 heavy (non-hydrogen) atoms. The third-order valence-electron chi connectivity index (χ3n) is 9.73. The lowest BCUT2D eigenvalue weighted by Crippen LogP contribution is -2.51. The number of carbonyl (C=O) groups is 4. The van der Waals surface area contributed by atoms with Crippen molar-refractivity contribution in [2.75, 3.05) is 20.1 Å². The summed E-state index contributed by atoms with van der Waals surface area (Å²) in [7, 11) is 1.32. The highest BCUT2D eigenvalue weighted by atomic mass is 16.3. The second-order valence-corrected chi connectivity index (χ2v) is 14.3. The number of fused-ring (bicyclic) bond motifs is 5. The second-order valence-electron chi connectivity index (χ2n) is 14.3. The van der Waals surface area contributed by atoms with E-state index in [0.29, 0.717) is 41.6 Å². The summed E-state index contributed by atoms with van der Waals surface area (Å²) in [6.45, 7) is 5.70. The average molecular weight is 732 g/mol. The third kappa shape index (κ3) is 14.6. The van der Waals surface area contributed by atoms with Crippen molar-refractivity contribution in [2.45, 2.75) is 129 Å². The van der Waals surface area contributed by atoms with E-state index in [0.717, 1.165) is 24.8 Å². The number of nitrogens with one attached hydrogen (secondary N) is 4. The lowest BCUT2D eigenvalue weighted by molar-refractivity contribution is -0.139. The summed E-state index contributed by atoms with van der Waals surface area (Å²) in [5, 5.41) is 32.3. The molecule has 1 aliphatic rings. The topological polar surface area (TPSA) is 160 Å². The van der Waals surface area contributed by atoms with Gasteiger partial charge in [0, 0.05) is 37.1 Å². The van der Waals surface area contributed by atoms with Gasteiger partial charge in [-0.05, 0) is 48.6 Å². The first-order valence-electron chi connectivity index (χ1n) is 19.7. The average Bonchev–Trinajstić information content (AvgIpc) is 3.15. The van der Waals surface area contributed by atoms with Crippen LogP contribution in [-0.4, -0.2) is 78.3 Å². The predicted octanol–water partition coefficient (Wildman–Crippen LogP) is 5.11. The van der Waals surface area contributed by atoms with E-state index in [1.165, 1.54) is 69.4 Å². The first-order valence-corrected chi connectivity index (χ1v) is 19.7. The number of benzene rings is 2. The molecule has 11 nitrogen and oxygen atoms in total. The van der Waals surface area contributed by atoms with Crippen LogP contribution in [0.3, 0.4) is 0 Å². The van der Waals surface area contributed by atoms with E-state index in [1.807, 2.05) is 37.3 Å². The number of phenols is 1. The number of allylic oxidation sites excluding steroid dienone is 1. The van der Waals surface area contributed by atoms with Gasteiger partial charge in [-0.2, -0.15) is 0 Å². The lowest BCUT2D eigenvalue weighted by Gasteiger charge is -2.29. The minimum absolute atomic E-state index is 0.00171. The van der Waals surface area contributed by atoms with Crippen molar-refractivity contribution in [1.29, 1.82) is 0 Å². The van der Waals surface area contributed by atoms with E-state index in [4.69, 9.17) is 0 Å². The molecule has 3 unspecified atom stereocenters. The number of phenolic OH excluding ortho intramolecular Hbond substituents is 1. The Morgan fingerprint density at radius 2 is 1.66 bits per heavy atom. The molecule has 3 atom stereocenters. The minimum Gasteiger partial charge on any atom is -0.507 e. The summed E-state index contributed by atoms with van der Waals surface area (Å²) in [6.07, 6.45) is 16.2. The van der Waals surface area contributed by atoms with Gasteiger partial charge in [0.2, 0.25) is 23.6 Å². The largest absolute Gasteiger partial charge is 0.507 e. The van der Waals surface area contributed by atoms with Crippen molar-refractivity contribution in [3.05, 3.63) is 65.4 Å². The van der Waals surface area contributed by atoms with Gasteiger partial charge in [-0.1, -0.05) is 114 Å². The minimum atomic E-state index is -1.08. The van der Waals surface area contributed by atoms with Crippen LogP contribution in [0.5, 0.6) is 5.75 Å². The molecule has 0 radical (unpaired) electrons. The number of nitrogens with zero attached hydrogens (tertiary/aromatic N) is 1. The fourth-order valence-electron chi connectivity index (χ4n) is 6.62. The molecular formula is C41H62BN5O6. The molecule has 2 aromatic rings. The summed E-state index contributed by atoms with van der Waals surface area (Å²) < 4.78 is 0. The van der Waals surface area contributed by atoms with Gasteiger partial charge in [-0.15, -0.1) is 0 Å². The van der Waals surface area contributed by atoms with Gasteiger partial charge in [0.1, 0.15) is 17.8 Å². The van der Waals surface area contributed by atoms with Gasteiger partial charge >= 0.3 is 0 Å². The van der Waals surface area contributed by atoms with Crippen LogP contribution < -0.4 is 21.3 Å². The van der Waals surface area contributed by atoms with Crippen LogP contribution in [0.2, 0.25) is 0 Å². The zero-order valence-corrected chi connectivity index (χ0v) is 32.3. The van der Waals surface area contributed by atoms with E-state index in [2.05, 4.69) is 28.2 Å². The van der Waals surface area contributed by atoms with E-state index in [-0.39, 0.29) is 38.1 Å². The normalized spacial score (nSPS) is 17.2. The number of rotatable bonds is 19. The van der Waals surface area contributed by atoms with Crippen molar-refractivity contribution < 1.29 is 29.3 Å². The molecule has 0 aliphatic carbocycles. The molecule has 1 heterocycles. The molecule has 0 spiro atoms. The molecule has 0 aromatic heterocycles. The highest BCUT2D eigenvalue weighted by Crippen LogP contribution is 2.34. The summed E-state index contributed by atoms with van der Waals surface area (Å²) in [5.41, 5.74) is 3.09. The number of hydrogen-bond donors (Lipinski definition) is 6. The fraction of sp³-hybridized carbons (Fsp3) is 0.561. The van der Waals surface area contributed by atoms with Gasteiger partial charge in [0.05, 0.1) is 13.1 Å². The second kappa shape index (κ2) is 23.4. The first kappa shape index (κ1) is 43.1. The molecule has 0 fully saturated rings. The Morgan fingerprint density at radius 1 is 0.981 bits per heavy atom. The Balaban J connectivity index is 1.73. The molecule has 4 amide bonds. The van der Waals surface area contributed by atoms with E-state index >= 15 is 0 Å². The summed E-state index contributed by atoms with van der Waals surface area (Å²) in [5.74, 6) is -1.86. The van der Waals surface area contributed by atoms with Crippen LogP contribution in [0.1, 0.15) is 121 Å². The van der Waals surface area contributed by atoms with Gasteiger partial charge in [-0.3, -0.25) is 19.2 Å². The molecular weight excluding hydrogens is 669 g/mol. The van der Waals surface area contributed by atoms with Crippen molar-refractivity contribution in [1.82, 2.24) is 26.2 Å².